The van der Waals surface area contributed by atoms with Gasteiger partial charge in [-0.25, -0.2) is 4.79 Å². The molecule has 0 fully saturated rings. The van der Waals surface area contributed by atoms with Crippen LogP contribution < -0.4 is 10.4 Å². The first-order valence-electron chi connectivity index (χ1n) is 5.44. The number of ether oxygens (including phenoxy) is 3. The Morgan fingerprint density at radius 1 is 1.35 bits per heavy atom. The smallest absolute Gasteiger partial charge is 0.352 e. The summed E-state index contributed by atoms with van der Waals surface area (Å²) in [6, 6.07) is 0. The third-order valence-corrected chi connectivity index (χ3v) is 2.27. The second kappa shape index (κ2) is 7.03. The SMILES string of the molecule is CCc1cn(COCCOC)c(=O)nc1OC. The van der Waals surface area contributed by atoms with E-state index in [1.54, 1.807) is 13.3 Å². The molecular weight excluding hydrogens is 224 g/mol. The molecule has 1 rings (SSSR count). The zero-order valence-corrected chi connectivity index (χ0v) is 10.4. The summed E-state index contributed by atoms with van der Waals surface area (Å²) in [4.78, 5) is 15.4. The summed E-state index contributed by atoms with van der Waals surface area (Å²) in [5.41, 5.74) is 0.499. The molecular formula is C11H18N2O4. The van der Waals surface area contributed by atoms with Crippen LogP contribution in [0, 0.1) is 0 Å². The zero-order chi connectivity index (χ0) is 12.7. The molecule has 0 bridgehead atoms. The molecule has 17 heavy (non-hydrogen) atoms. The van der Waals surface area contributed by atoms with Crippen LogP contribution in [0.2, 0.25) is 0 Å². The van der Waals surface area contributed by atoms with Crippen molar-refractivity contribution in [3.63, 3.8) is 0 Å². The van der Waals surface area contributed by atoms with Gasteiger partial charge in [0.25, 0.3) is 0 Å². The Balaban J connectivity index is 2.75. The van der Waals surface area contributed by atoms with Crippen molar-refractivity contribution in [2.45, 2.75) is 20.1 Å². The topological polar surface area (TPSA) is 62.6 Å². The van der Waals surface area contributed by atoms with Crippen molar-refractivity contribution in [1.29, 1.82) is 0 Å². The minimum atomic E-state index is -0.378. The lowest BCUT2D eigenvalue weighted by Crippen LogP contribution is -2.25. The number of hydrogen-bond donors (Lipinski definition) is 0. The first kappa shape index (κ1) is 13.7. The average Bonchev–Trinajstić information content (AvgIpc) is 2.35. The molecule has 0 N–H and O–H groups in total. The second-order valence-electron chi connectivity index (χ2n) is 3.41. The Labute approximate surface area is 100 Å². The molecule has 0 aliphatic carbocycles. The molecule has 0 spiro atoms. The fraction of sp³-hybridized carbons (Fsp3) is 0.636. The molecule has 96 valence electrons. The van der Waals surface area contributed by atoms with E-state index in [0.29, 0.717) is 19.1 Å². The molecule has 0 saturated heterocycles. The standard InChI is InChI=1S/C11H18N2O4/c1-4-9-7-13(8-17-6-5-15-2)11(14)12-10(9)16-3/h7H,4-6,8H2,1-3H3. The molecule has 0 radical (unpaired) electrons. The highest BCUT2D eigenvalue weighted by Crippen LogP contribution is 2.11. The largest absolute Gasteiger partial charge is 0.481 e. The van der Waals surface area contributed by atoms with Gasteiger partial charge < -0.3 is 14.2 Å². The number of rotatable bonds is 7. The summed E-state index contributed by atoms with van der Waals surface area (Å²) in [6.45, 7) is 3.09. The van der Waals surface area contributed by atoms with E-state index in [9.17, 15) is 4.79 Å². The van der Waals surface area contributed by atoms with Crippen molar-refractivity contribution in [2.24, 2.45) is 0 Å². The molecule has 1 aromatic rings. The highest BCUT2D eigenvalue weighted by molar-refractivity contribution is 5.22. The predicted molar refractivity (Wildman–Crippen MR) is 62.3 cm³/mol. The molecule has 6 nitrogen and oxygen atoms in total. The first-order chi connectivity index (χ1) is 8.22. The van der Waals surface area contributed by atoms with E-state index >= 15 is 0 Å². The minimum Gasteiger partial charge on any atom is -0.481 e. The Hall–Kier alpha value is -1.40. The summed E-state index contributed by atoms with van der Waals surface area (Å²) >= 11 is 0. The van der Waals surface area contributed by atoms with Crippen LogP contribution >= 0.6 is 0 Å². The quantitative estimate of drug-likeness (QED) is 0.649. The van der Waals surface area contributed by atoms with Gasteiger partial charge in [0.15, 0.2) is 0 Å². The third-order valence-electron chi connectivity index (χ3n) is 2.27. The van der Waals surface area contributed by atoms with Crippen LogP contribution in [-0.2, 0) is 22.6 Å². The molecule has 0 saturated carbocycles. The van der Waals surface area contributed by atoms with Gasteiger partial charge in [0, 0.05) is 18.9 Å². The molecule has 6 heteroatoms. The van der Waals surface area contributed by atoms with Gasteiger partial charge in [-0.15, -0.1) is 0 Å². The van der Waals surface area contributed by atoms with Crippen molar-refractivity contribution < 1.29 is 14.2 Å². The highest BCUT2D eigenvalue weighted by Gasteiger charge is 2.07. The van der Waals surface area contributed by atoms with Crippen LogP contribution in [0.1, 0.15) is 12.5 Å². The van der Waals surface area contributed by atoms with E-state index in [1.807, 2.05) is 6.92 Å². The molecule has 0 aromatic carbocycles. The minimum absolute atomic E-state index is 0.173. The van der Waals surface area contributed by atoms with Gasteiger partial charge >= 0.3 is 5.69 Å². The number of nitrogens with zero attached hydrogens (tertiary/aromatic N) is 2. The van der Waals surface area contributed by atoms with Crippen molar-refractivity contribution >= 4 is 0 Å². The van der Waals surface area contributed by atoms with E-state index in [-0.39, 0.29) is 12.4 Å². The van der Waals surface area contributed by atoms with Crippen molar-refractivity contribution in [2.75, 3.05) is 27.4 Å². The Morgan fingerprint density at radius 2 is 2.12 bits per heavy atom. The van der Waals surface area contributed by atoms with Crippen LogP contribution in [-0.4, -0.2) is 37.0 Å². The van der Waals surface area contributed by atoms with Gasteiger partial charge in [0.05, 0.1) is 20.3 Å². The van der Waals surface area contributed by atoms with Gasteiger partial charge in [-0.2, -0.15) is 4.98 Å². The summed E-state index contributed by atoms with van der Waals surface area (Å²) in [6.07, 6.45) is 2.45. The summed E-state index contributed by atoms with van der Waals surface area (Å²) in [7, 11) is 3.10. The number of methoxy groups -OCH3 is 2. The third kappa shape index (κ3) is 3.83. The van der Waals surface area contributed by atoms with Crippen LogP contribution in [0.3, 0.4) is 0 Å². The lowest BCUT2D eigenvalue weighted by atomic mass is 10.2. The number of aromatic nitrogens is 2. The summed E-state index contributed by atoms with van der Waals surface area (Å²) in [5, 5.41) is 0. The zero-order valence-electron chi connectivity index (χ0n) is 10.4. The molecule has 1 heterocycles. The van der Waals surface area contributed by atoms with Gasteiger partial charge in [-0.3, -0.25) is 4.57 Å². The molecule has 0 amide bonds. The second-order valence-corrected chi connectivity index (χ2v) is 3.41. The van der Waals surface area contributed by atoms with E-state index < -0.39 is 0 Å². The summed E-state index contributed by atoms with van der Waals surface area (Å²) < 4.78 is 16.6. The Bertz CT molecular complexity index is 403. The van der Waals surface area contributed by atoms with Gasteiger partial charge in [-0.1, -0.05) is 6.92 Å². The average molecular weight is 242 g/mol. The maximum Gasteiger partial charge on any atom is 0.352 e. The Kier molecular flexibility index (Phi) is 5.65. The Morgan fingerprint density at radius 3 is 2.71 bits per heavy atom. The molecule has 0 unspecified atom stereocenters. The van der Waals surface area contributed by atoms with E-state index in [0.717, 1.165) is 12.0 Å². The van der Waals surface area contributed by atoms with Gasteiger partial charge in [0.1, 0.15) is 6.73 Å². The van der Waals surface area contributed by atoms with E-state index in [4.69, 9.17) is 14.2 Å². The number of aryl methyl sites for hydroxylation is 1. The normalized spacial score (nSPS) is 10.5. The lowest BCUT2D eigenvalue weighted by Gasteiger charge is -2.10. The molecule has 0 aliphatic rings. The van der Waals surface area contributed by atoms with Crippen molar-refractivity contribution in [3.8, 4) is 5.88 Å². The lowest BCUT2D eigenvalue weighted by molar-refractivity contribution is 0.0318. The van der Waals surface area contributed by atoms with Crippen LogP contribution in [0.25, 0.3) is 0 Å². The van der Waals surface area contributed by atoms with Crippen molar-refractivity contribution in [3.05, 3.63) is 22.2 Å². The van der Waals surface area contributed by atoms with Gasteiger partial charge in [-0.05, 0) is 6.42 Å². The fourth-order valence-electron chi connectivity index (χ4n) is 1.34. The maximum atomic E-state index is 11.6. The van der Waals surface area contributed by atoms with Crippen LogP contribution in [0.5, 0.6) is 5.88 Å². The monoisotopic (exact) mass is 242 g/mol. The van der Waals surface area contributed by atoms with E-state index in [2.05, 4.69) is 4.98 Å². The molecule has 0 atom stereocenters. The number of hydrogen-bond acceptors (Lipinski definition) is 5. The molecule has 0 aliphatic heterocycles. The predicted octanol–water partition coefficient (Wildman–Crippen LogP) is 0.435. The van der Waals surface area contributed by atoms with E-state index in [1.165, 1.54) is 11.7 Å². The fourth-order valence-corrected chi connectivity index (χ4v) is 1.34. The highest BCUT2D eigenvalue weighted by atomic mass is 16.5. The van der Waals surface area contributed by atoms with Crippen LogP contribution in [0.15, 0.2) is 11.0 Å². The summed E-state index contributed by atoms with van der Waals surface area (Å²) in [5.74, 6) is 0.380. The molecule has 1 aromatic heterocycles. The van der Waals surface area contributed by atoms with Crippen LogP contribution in [0.4, 0.5) is 0 Å². The van der Waals surface area contributed by atoms with Gasteiger partial charge in [0.2, 0.25) is 5.88 Å². The van der Waals surface area contributed by atoms with Crippen molar-refractivity contribution in [1.82, 2.24) is 9.55 Å². The maximum absolute atomic E-state index is 11.6. The first-order valence-corrected chi connectivity index (χ1v) is 5.44.